The second-order valence-electron chi connectivity index (χ2n) is 8.25. The Balaban J connectivity index is 1.73. The second kappa shape index (κ2) is 10.8. The third-order valence-corrected chi connectivity index (χ3v) is 5.70. The van der Waals surface area contributed by atoms with Crippen LogP contribution in [0.2, 0.25) is 0 Å². The van der Waals surface area contributed by atoms with Crippen molar-refractivity contribution >= 4 is 17.4 Å². The fourth-order valence-electron chi connectivity index (χ4n) is 3.79. The van der Waals surface area contributed by atoms with Gasteiger partial charge in [-0.3, -0.25) is 9.69 Å². The van der Waals surface area contributed by atoms with Crippen LogP contribution in [0.3, 0.4) is 0 Å². The molecule has 2 aromatic heterocycles. The predicted molar refractivity (Wildman–Crippen MR) is 122 cm³/mol. The van der Waals surface area contributed by atoms with Crippen molar-refractivity contribution < 1.29 is 13.6 Å². The lowest BCUT2D eigenvalue weighted by Gasteiger charge is -2.41. The molecule has 5 N–H and O–H groups in total. The maximum atomic E-state index is 14.0. The van der Waals surface area contributed by atoms with Crippen molar-refractivity contribution in [3.63, 3.8) is 0 Å². The molecule has 178 valence electrons. The first-order valence-corrected chi connectivity index (χ1v) is 10.7. The molecule has 0 saturated carbocycles. The van der Waals surface area contributed by atoms with Crippen LogP contribution in [0.25, 0.3) is 0 Å². The van der Waals surface area contributed by atoms with E-state index < -0.39 is 23.3 Å². The lowest BCUT2D eigenvalue weighted by atomic mass is 9.84. The highest BCUT2D eigenvalue weighted by Gasteiger charge is 2.34. The molecule has 1 fully saturated rings. The number of hydrogen-bond acceptors (Lipinski definition) is 7. The molecule has 0 aliphatic carbocycles. The number of nitriles is 1. The zero-order valence-corrected chi connectivity index (χ0v) is 18.8. The molecule has 1 aliphatic rings. The van der Waals surface area contributed by atoms with Gasteiger partial charge in [-0.05, 0) is 37.5 Å². The van der Waals surface area contributed by atoms with Crippen molar-refractivity contribution in [1.29, 1.82) is 5.26 Å². The van der Waals surface area contributed by atoms with Gasteiger partial charge in [-0.1, -0.05) is 0 Å². The molecule has 0 aromatic carbocycles. The van der Waals surface area contributed by atoms with E-state index in [0.29, 0.717) is 38.0 Å². The summed E-state index contributed by atoms with van der Waals surface area (Å²) in [6.45, 7) is 3.47. The zero-order chi connectivity index (χ0) is 24.7. The number of nitrogens with one attached hydrogen (secondary N) is 1. The van der Waals surface area contributed by atoms with E-state index in [0.717, 1.165) is 11.6 Å². The van der Waals surface area contributed by atoms with Crippen LogP contribution in [0, 0.1) is 30.2 Å². The standard InChI is InChI=1S/C23H26F2N8O/c1-15-10-16(20(25)30-12-15)14-33-8-4-23(3-6-26,5-9-33)31-13-18(22(28)34)21(27)32-17-2-7-29-19(24)11-17/h2,7,10-13,31H,3-5,8-9,14H2,1H3,(H2,28,34)(H2,27,29,32)/b18-13+. The maximum absolute atomic E-state index is 14.0. The first-order valence-electron chi connectivity index (χ1n) is 10.7. The Morgan fingerprint density at radius 2 is 2.06 bits per heavy atom. The molecule has 0 bridgehead atoms. The molecule has 0 atom stereocenters. The van der Waals surface area contributed by atoms with E-state index in [1.165, 1.54) is 24.7 Å². The van der Waals surface area contributed by atoms with Crippen LogP contribution < -0.4 is 16.8 Å². The van der Waals surface area contributed by atoms with E-state index in [-0.39, 0.29) is 23.5 Å². The number of piperidine rings is 1. The minimum atomic E-state index is -0.824. The number of likely N-dealkylation sites (tertiary alicyclic amines) is 1. The summed E-state index contributed by atoms with van der Waals surface area (Å²) in [5, 5.41) is 12.5. The summed E-state index contributed by atoms with van der Waals surface area (Å²) < 4.78 is 27.4. The Morgan fingerprint density at radius 3 is 2.71 bits per heavy atom. The number of primary amides is 1. The van der Waals surface area contributed by atoms with Gasteiger partial charge < -0.3 is 16.8 Å². The summed E-state index contributed by atoms with van der Waals surface area (Å²) >= 11 is 0. The largest absolute Gasteiger partial charge is 0.384 e. The van der Waals surface area contributed by atoms with E-state index in [2.05, 4.69) is 31.2 Å². The monoisotopic (exact) mass is 468 g/mol. The minimum absolute atomic E-state index is 0.0927. The molecule has 2 aromatic rings. The van der Waals surface area contributed by atoms with Gasteiger partial charge in [0.1, 0.15) is 5.84 Å². The smallest absolute Gasteiger partial charge is 0.253 e. The summed E-state index contributed by atoms with van der Waals surface area (Å²) in [4.78, 5) is 25.3. The number of carbonyl (C=O) groups is 1. The summed E-state index contributed by atoms with van der Waals surface area (Å²) in [5.41, 5.74) is 12.3. The number of aromatic nitrogens is 2. The Kier molecular flexibility index (Phi) is 7.86. The first kappa shape index (κ1) is 24.7. The maximum Gasteiger partial charge on any atom is 0.253 e. The zero-order valence-electron chi connectivity index (χ0n) is 18.8. The number of amides is 1. The van der Waals surface area contributed by atoms with E-state index in [4.69, 9.17) is 11.5 Å². The summed E-state index contributed by atoms with van der Waals surface area (Å²) in [6, 6.07) is 6.46. The van der Waals surface area contributed by atoms with Gasteiger partial charge in [-0.2, -0.15) is 14.0 Å². The minimum Gasteiger partial charge on any atom is -0.384 e. The molecular formula is C23H26F2N8O. The van der Waals surface area contributed by atoms with Gasteiger partial charge >= 0.3 is 0 Å². The number of aliphatic imine (C=N–C) groups is 1. The summed E-state index contributed by atoms with van der Waals surface area (Å²) in [7, 11) is 0. The normalized spacial score (nSPS) is 16.6. The third kappa shape index (κ3) is 6.32. The van der Waals surface area contributed by atoms with Crippen molar-refractivity contribution in [3.05, 3.63) is 65.4 Å². The second-order valence-corrected chi connectivity index (χ2v) is 8.25. The lowest BCUT2D eigenvalue weighted by Crippen LogP contribution is -2.51. The molecule has 34 heavy (non-hydrogen) atoms. The number of hydrogen-bond donors (Lipinski definition) is 3. The highest BCUT2D eigenvalue weighted by molar-refractivity contribution is 6.20. The Labute approximate surface area is 196 Å². The quantitative estimate of drug-likeness (QED) is 0.232. The van der Waals surface area contributed by atoms with Crippen LogP contribution in [0.15, 0.2) is 47.4 Å². The van der Waals surface area contributed by atoms with Gasteiger partial charge in [0.15, 0.2) is 0 Å². The predicted octanol–water partition coefficient (Wildman–Crippen LogP) is 1.96. The third-order valence-electron chi connectivity index (χ3n) is 5.70. The van der Waals surface area contributed by atoms with Crippen molar-refractivity contribution in [3.8, 4) is 6.07 Å². The number of aryl methyl sites for hydroxylation is 1. The number of nitrogens with zero attached hydrogens (tertiary/aromatic N) is 5. The topological polar surface area (TPSA) is 146 Å². The molecule has 9 nitrogen and oxygen atoms in total. The fourth-order valence-corrected chi connectivity index (χ4v) is 3.79. The van der Waals surface area contributed by atoms with Crippen LogP contribution in [-0.4, -0.2) is 45.2 Å². The number of halogens is 2. The van der Waals surface area contributed by atoms with E-state index >= 15 is 0 Å². The fraction of sp³-hybridized carbons (Fsp3) is 0.348. The van der Waals surface area contributed by atoms with E-state index in [1.807, 2.05) is 6.92 Å². The molecule has 3 rings (SSSR count). The molecule has 11 heteroatoms. The Morgan fingerprint density at radius 1 is 1.32 bits per heavy atom. The molecule has 1 saturated heterocycles. The summed E-state index contributed by atoms with van der Waals surface area (Å²) in [6.07, 6.45) is 5.38. The van der Waals surface area contributed by atoms with Crippen molar-refractivity contribution in [2.75, 3.05) is 13.1 Å². The van der Waals surface area contributed by atoms with Gasteiger partial charge in [0.05, 0.1) is 29.3 Å². The average Bonchev–Trinajstić information content (AvgIpc) is 2.78. The number of amidine groups is 1. The highest BCUT2D eigenvalue weighted by Crippen LogP contribution is 2.27. The van der Waals surface area contributed by atoms with Crippen molar-refractivity contribution in [2.45, 2.75) is 38.3 Å². The van der Waals surface area contributed by atoms with Gasteiger partial charge in [-0.25, -0.2) is 15.0 Å². The lowest BCUT2D eigenvalue weighted by molar-refractivity contribution is -0.114. The van der Waals surface area contributed by atoms with Crippen LogP contribution >= 0.6 is 0 Å². The van der Waals surface area contributed by atoms with Crippen LogP contribution in [0.4, 0.5) is 14.5 Å². The van der Waals surface area contributed by atoms with E-state index in [9.17, 15) is 18.8 Å². The van der Waals surface area contributed by atoms with Gasteiger partial charge in [0.25, 0.3) is 5.91 Å². The van der Waals surface area contributed by atoms with E-state index in [1.54, 1.807) is 6.07 Å². The first-order chi connectivity index (χ1) is 16.2. The number of pyridine rings is 2. The highest BCUT2D eigenvalue weighted by atomic mass is 19.1. The molecule has 0 unspecified atom stereocenters. The number of carbonyl (C=O) groups excluding carboxylic acids is 1. The SMILES string of the molecule is Cc1cnc(F)c(CN2CCC(CC#N)(N/C=C(/C(N)=O)C(N)=Nc3ccnc(F)c3)CC2)c1. The van der Waals surface area contributed by atoms with Crippen molar-refractivity contribution in [1.82, 2.24) is 20.2 Å². The van der Waals surface area contributed by atoms with Gasteiger partial charge in [0, 0.05) is 49.9 Å². The molecule has 1 aliphatic heterocycles. The molecule has 1 amide bonds. The van der Waals surface area contributed by atoms with Gasteiger partial charge in [-0.15, -0.1) is 0 Å². The number of rotatable bonds is 8. The molecule has 3 heterocycles. The van der Waals surface area contributed by atoms with Gasteiger partial charge in [0.2, 0.25) is 11.9 Å². The Hall–Kier alpha value is -3.91. The molecule has 0 radical (unpaired) electrons. The summed E-state index contributed by atoms with van der Waals surface area (Å²) in [5.74, 6) is -2.25. The average molecular weight is 469 g/mol. The Bertz CT molecular complexity index is 1150. The van der Waals surface area contributed by atoms with Crippen LogP contribution in [-0.2, 0) is 11.3 Å². The van der Waals surface area contributed by atoms with Crippen LogP contribution in [0.5, 0.6) is 0 Å². The number of nitrogens with two attached hydrogens (primary N) is 2. The van der Waals surface area contributed by atoms with Crippen LogP contribution in [0.1, 0.15) is 30.4 Å². The van der Waals surface area contributed by atoms with Crippen molar-refractivity contribution in [2.24, 2.45) is 16.5 Å². The molecular weight excluding hydrogens is 442 g/mol. The molecule has 0 spiro atoms.